The minimum Gasteiger partial charge on any atom is -0.396 e. The van der Waals surface area contributed by atoms with Gasteiger partial charge in [0.05, 0.1) is 33.0 Å². The Morgan fingerprint density at radius 1 is 1.31 bits per heavy atom. The van der Waals surface area contributed by atoms with E-state index < -0.39 is 17.5 Å². The van der Waals surface area contributed by atoms with Gasteiger partial charge in [0.2, 0.25) is 0 Å². The van der Waals surface area contributed by atoms with E-state index in [1.54, 1.807) is 18.2 Å². The first kappa shape index (κ1) is 21.3. The molecule has 140 valence electrons. The molecular weight excluding hydrogens is 548 g/mol. The topological polar surface area (TPSA) is 70.6 Å². The number of hydrogen-bond donors (Lipinski definition) is 3. The molecule has 0 saturated carbocycles. The van der Waals surface area contributed by atoms with Crippen LogP contribution in [0, 0.1) is 15.2 Å². The highest BCUT2D eigenvalue weighted by Crippen LogP contribution is 2.34. The van der Waals surface area contributed by atoms with Gasteiger partial charge in [-0.25, -0.2) is 14.3 Å². The number of nitrogens with one attached hydrogen (secondary N) is 2. The fraction of sp³-hybridized carbons (Fsp3) is 0.188. The molecule has 0 aliphatic rings. The maximum absolute atomic E-state index is 14.5. The summed E-state index contributed by atoms with van der Waals surface area (Å²) in [5.41, 5.74) is 1.87. The molecule has 0 atom stereocenters. The SMILES string of the molecule is O=C(NOCCCO)c1cc(Br)c(F)c(F)c1Nc1ccc(I)cc1Cl. The Balaban J connectivity index is 2.36. The van der Waals surface area contributed by atoms with Gasteiger partial charge in [-0.2, -0.15) is 0 Å². The summed E-state index contributed by atoms with van der Waals surface area (Å²) < 4.78 is 29.1. The Bertz CT molecular complexity index is 827. The van der Waals surface area contributed by atoms with E-state index in [1.807, 2.05) is 0 Å². The van der Waals surface area contributed by atoms with Crippen molar-refractivity contribution in [2.45, 2.75) is 6.42 Å². The van der Waals surface area contributed by atoms with E-state index in [0.29, 0.717) is 12.1 Å². The molecule has 0 aromatic heterocycles. The van der Waals surface area contributed by atoms with Crippen LogP contribution in [0.5, 0.6) is 0 Å². The predicted molar refractivity (Wildman–Crippen MR) is 107 cm³/mol. The lowest BCUT2D eigenvalue weighted by Gasteiger charge is -2.15. The van der Waals surface area contributed by atoms with Gasteiger partial charge >= 0.3 is 0 Å². The summed E-state index contributed by atoms with van der Waals surface area (Å²) in [5, 5.41) is 11.6. The number of aliphatic hydroxyl groups is 1. The first-order valence-electron chi connectivity index (χ1n) is 7.27. The largest absolute Gasteiger partial charge is 0.396 e. The number of rotatable bonds is 7. The molecule has 0 unspecified atom stereocenters. The van der Waals surface area contributed by atoms with Crippen LogP contribution in [-0.4, -0.2) is 24.2 Å². The van der Waals surface area contributed by atoms with Crippen LogP contribution < -0.4 is 10.8 Å². The minimum atomic E-state index is -1.24. The molecule has 2 aromatic carbocycles. The van der Waals surface area contributed by atoms with E-state index in [2.05, 4.69) is 49.3 Å². The Morgan fingerprint density at radius 3 is 2.69 bits per heavy atom. The Morgan fingerprint density at radius 2 is 2.04 bits per heavy atom. The zero-order valence-corrected chi connectivity index (χ0v) is 17.6. The second-order valence-corrected chi connectivity index (χ2v) is 7.52. The number of benzene rings is 2. The van der Waals surface area contributed by atoms with Crippen LogP contribution in [0.25, 0.3) is 0 Å². The molecule has 0 radical (unpaired) electrons. The lowest BCUT2D eigenvalue weighted by molar-refractivity contribution is 0.0262. The summed E-state index contributed by atoms with van der Waals surface area (Å²) >= 11 is 11.0. The van der Waals surface area contributed by atoms with E-state index in [1.165, 1.54) is 0 Å². The van der Waals surface area contributed by atoms with Gasteiger partial charge < -0.3 is 10.4 Å². The quantitative estimate of drug-likeness (QED) is 0.197. The first-order chi connectivity index (χ1) is 12.3. The van der Waals surface area contributed by atoms with Gasteiger partial charge in [0.25, 0.3) is 5.91 Å². The van der Waals surface area contributed by atoms with E-state index in [9.17, 15) is 13.6 Å². The van der Waals surface area contributed by atoms with E-state index in [0.717, 1.165) is 9.64 Å². The summed E-state index contributed by atoms with van der Waals surface area (Å²) in [7, 11) is 0. The minimum absolute atomic E-state index is 0.0683. The van der Waals surface area contributed by atoms with Crippen LogP contribution in [0.15, 0.2) is 28.7 Å². The lowest BCUT2D eigenvalue weighted by Crippen LogP contribution is -2.26. The van der Waals surface area contributed by atoms with Crippen molar-refractivity contribution in [2.24, 2.45) is 0 Å². The highest BCUT2D eigenvalue weighted by atomic mass is 127. The van der Waals surface area contributed by atoms with E-state index in [-0.39, 0.29) is 34.0 Å². The third-order valence-electron chi connectivity index (χ3n) is 3.17. The zero-order valence-electron chi connectivity index (χ0n) is 13.1. The second kappa shape index (κ2) is 9.79. The maximum atomic E-state index is 14.5. The molecule has 26 heavy (non-hydrogen) atoms. The van der Waals surface area contributed by atoms with Gasteiger partial charge in [-0.3, -0.25) is 9.63 Å². The number of halogens is 5. The van der Waals surface area contributed by atoms with Gasteiger partial charge in [-0.1, -0.05) is 11.6 Å². The summed E-state index contributed by atoms with van der Waals surface area (Å²) in [5.74, 6) is -3.17. The standard InChI is InChI=1S/C16H13BrClF2IN2O3/c17-10-7-9(16(25)23-26-5-1-4-24)15(14(20)13(10)19)22-12-3-2-8(21)6-11(12)18/h2-3,6-7,22,24H,1,4-5H2,(H,23,25). The van der Waals surface area contributed by atoms with Gasteiger partial charge in [-0.15, -0.1) is 0 Å². The van der Waals surface area contributed by atoms with Crippen LogP contribution in [0.3, 0.4) is 0 Å². The fourth-order valence-corrected chi connectivity index (χ4v) is 3.24. The molecule has 0 fully saturated rings. The Hall–Kier alpha value is -1.01. The molecule has 0 aliphatic carbocycles. The Kier molecular flexibility index (Phi) is 8.02. The number of carbonyl (C=O) groups is 1. The van der Waals surface area contributed by atoms with Gasteiger partial charge in [0, 0.05) is 10.2 Å². The van der Waals surface area contributed by atoms with Crippen LogP contribution in [0.2, 0.25) is 5.02 Å². The molecule has 0 aliphatic heterocycles. The van der Waals surface area contributed by atoms with E-state index in [4.69, 9.17) is 21.5 Å². The molecule has 2 rings (SSSR count). The van der Waals surface area contributed by atoms with Crippen molar-refractivity contribution in [1.82, 2.24) is 5.48 Å². The monoisotopic (exact) mass is 560 g/mol. The van der Waals surface area contributed by atoms with Gasteiger partial charge in [0.15, 0.2) is 11.6 Å². The number of hydroxylamine groups is 1. The molecule has 10 heteroatoms. The van der Waals surface area contributed by atoms with Gasteiger partial charge in [-0.05, 0) is 69.2 Å². The summed E-state index contributed by atoms with van der Waals surface area (Å²) in [6.07, 6.45) is 0.311. The zero-order chi connectivity index (χ0) is 19.3. The second-order valence-electron chi connectivity index (χ2n) is 5.01. The molecule has 0 heterocycles. The summed E-state index contributed by atoms with van der Waals surface area (Å²) in [4.78, 5) is 17.2. The number of hydrogen-bond acceptors (Lipinski definition) is 4. The lowest BCUT2D eigenvalue weighted by atomic mass is 10.1. The Labute approximate surface area is 175 Å². The van der Waals surface area contributed by atoms with Crippen LogP contribution in [-0.2, 0) is 4.84 Å². The smallest absolute Gasteiger partial charge is 0.277 e. The normalized spacial score (nSPS) is 10.7. The molecular formula is C16H13BrClF2IN2O3. The van der Waals surface area contributed by atoms with E-state index >= 15 is 0 Å². The molecule has 5 nitrogen and oxygen atoms in total. The predicted octanol–water partition coefficient (Wildman–Crippen LogP) is 4.77. The third-order valence-corrected chi connectivity index (χ3v) is 4.73. The van der Waals surface area contributed by atoms with Crippen molar-refractivity contribution in [3.05, 3.63) is 54.5 Å². The molecule has 1 amide bonds. The van der Waals surface area contributed by atoms with Gasteiger partial charge in [0.1, 0.15) is 0 Å². The molecule has 0 saturated heterocycles. The highest BCUT2D eigenvalue weighted by Gasteiger charge is 2.22. The first-order valence-corrected chi connectivity index (χ1v) is 9.52. The van der Waals surface area contributed by atoms with Crippen molar-refractivity contribution in [3.8, 4) is 0 Å². The number of anilines is 2. The molecule has 3 N–H and O–H groups in total. The molecule has 0 spiro atoms. The van der Waals surface area contributed by atoms with Crippen molar-refractivity contribution in [1.29, 1.82) is 0 Å². The number of carbonyl (C=O) groups excluding carboxylic acids is 1. The molecule has 0 bridgehead atoms. The average molecular weight is 562 g/mol. The summed E-state index contributed by atoms with van der Waals surface area (Å²) in [6.45, 7) is -0.0382. The van der Waals surface area contributed by atoms with Crippen molar-refractivity contribution in [2.75, 3.05) is 18.5 Å². The van der Waals surface area contributed by atoms with Crippen molar-refractivity contribution < 1.29 is 23.5 Å². The van der Waals surface area contributed by atoms with Crippen LogP contribution >= 0.6 is 50.1 Å². The maximum Gasteiger partial charge on any atom is 0.277 e. The average Bonchev–Trinajstić information content (AvgIpc) is 2.60. The van der Waals surface area contributed by atoms with Crippen molar-refractivity contribution >= 4 is 67.4 Å². The fourth-order valence-electron chi connectivity index (χ4n) is 1.93. The highest BCUT2D eigenvalue weighted by molar-refractivity contribution is 14.1. The number of amides is 1. The van der Waals surface area contributed by atoms with Crippen LogP contribution in [0.4, 0.5) is 20.2 Å². The van der Waals surface area contributed by atoms with Crippen LogP contribution in [0.1, 0.15) is 16.8 Å². The molecule has 2 aromatic rings. The number of aliphatic hydroxyl groups excluding tert-OH is 1. The van der Waals surface area contributed by atoms with Crippen molar-refractivity contribution in [3.63, 3.8) is 0 Å². The third kappa shape index (κ3) is 5.26. The summed E-state index contributed by atoms with van der Waals surface area (Å²) in [6, 6.07) is 6.07.